The van der Waals surface area contributed by atoms with Crippen molar-refractivity contribution in [3.8, 4) is 11.5 Å². The van der Waals surface area contributed by atoms with E-state index in [-0.39, 0.29) is 17.6 Å². The van der Waals surface area contributed by atoms with Crippen molar-refractivity contribution in [1.29, 1.82) is 0 Å². The number of benzene rings is 3. The summed E-state index contributed by atoms with van der Waals surface area (Å²) in [6, 6.07) is 13.8. The number of imidazole rings is 1. The zero-order valence-corrected chi connectivity index (χ0v) is 22.8. The van der Waals surface area contributed by atoms with Crippen molar-refractivity contribution < 1.29 is 18.1 Å². The normalized spacial score (nSPS) is 14.8. The van der Waals surface area contributed by atoms with Crippen LogP contribution in [-0.2, 0) is 20.2 Å². The van der Waals surface area contributed by atoms with Gasteiger partial charge in [0.25, 0.3) is 15.7 Å². The van der Waals surface area contributed by atoms with Crippen molar-refractivity contribution in [2.24, 2.45) is 0 Å². The summed E-state index contributed by atoms with van der Waals surface area (Å²) in [7, 11) is -4.25. The second-order valence-corrected chi connectivity index (χ2v) is 12.2. The zero-order chi connectivity index (χ0) is 28.6. The molecule has 0 spiro atoms. The van der Waals surface area contributed by atoms with Gasteiger partial charge in [0, 0.05) is 23.2 Å². The number of fused-ring (bicyclic) bond motifs is 3. The maximum Gasteiger partial charge on any atom is 0.289 e. The highest BCUT2D eigenvalue weighted by Gasteiger charge is 2.45. The Morgan fingerprint density at radius 2 is 1.82 bits per heavy atom. The van der Waals surface area contributed by atoms with E-state index < -0.39 is 30.9 Å². The number of anilines is 2. The number of para-hydroxylation sites is 1. The summed E-state index contributed by atoms with van der Waals surface area (Å²) in [6.07, 6.45) is 0. The third-order valence-corrected chi connectivity index (χ3v) is 8.62. The number of hydrogen-bond donors (Lipinski definition) is 3. The molecular weight excluding hydrogens is 534 g/mol. The highest BCUT2D eigenvalue weighted by Crippen LogP contribution is 2.44. The minimum Gasteiger partial charge on any atom is -0.337 e. The van der Waals surface area contributed by atoms with Crippen LogP contribution in [0.1, 0.15) is 33.3 Å². The molecule has 0 atom stereocenters. The molecule has 6 rings (SSSR count). The lowest BCUT2D eigenvalue weighted by Gasteiger charge is -2.24. The number of hydrogen-bond acceptors (Lipinski definition) is 7. The molecule has 13 heteroatoms. The molecule has 12 nitrogen and oxygen atoms in total. The molecule has 0 fully saturated rings. The van der Waals surface area contributed by atoms with Crippen molar-refractivity contribution in [2.75, 3.05) is 9.62 Å². The Kier molecular flexibility index (Phi) is 5.49. The summed E-state index contributed by atoms with van der Waals surface area (Å²) in [5.74, 6) is 0.503. The molecule has 3 heterocycles. The maximum atomic E-state index is 13.1. The third kappa shape index (κ3) is 3.80. The predicted octanol–water partition coefficient (Wildman–Crippen LogP) is 4.85. The van der Waals surface area contributed by atoms with Gasteiger partial charge in [0.1, 0.15) is 5.69 Å². The Morgan fingerprint density at radius 1 is 1.07 bits per heavy atom. The SMILES string of the molecule is CC(C)N1C(=O)C(C)(C)c2cc3[nH]c(-c4n[nH]c5ccc(NS(=O)(=O)c6ccccc6[N+](=O)[O-])cc45)nc3cc21. The standard InChI is InChI=1S/C27H25N7O5S/c1-14(2)33-22-13-20-19(12-17(22)27(3,4)26(33)35)28-25(29-20)24-16-11-15(9-10-18(16)30-31-24)32-40(38,39)23-8-6-5-7-21(23)34(36)37/h5-14,32H,1-4H3,(H,28,29)(H,30,31). The molecule has 0 unspecified atom stereocenters. The number of carbonyl (C=O) groups excluding carboxylic acids is 1. The summed E-state index contributed by atoms with van der Waals surface area (Å²) in [4.78, 5) is 33.1. The summed E-state index contributed by atoms with van der Waals surface area (Å²) in [5, 5.41) is 19.3. The van der Waals surface area contributed by atoms with Gasteiger partial charge in [0.2, 0.25) is 5.91 Å². The number of sulfonamides is 1. The summed E-state index contributed by atoms with van der Waals surface area (Å²) >= 11 is 0. The quantitative estimate of drug-likeness (QED) is 0.197. The Morgan fingerprint density at radius 3 is 2.55 bits per heavy atom. The number of amides is 1. The first kappa shape index (κ1) is 25.5. The average molecular weight is 560 g/mol. The smallest absolute Gasteiger partial charge is 0.289 e. The van der Waals surface area contributed by atoms with Gasteiger partial charge in [-0.3, -0.25) is 24.7 Å². The number of aromatic nitrogens is 4. The van der Waals surface area contributed by atoms with E-state index in [2.05, 4.69) is 19.9 Å². The van der Waals surface area contributed by atoms with E-state index in [1.165, 1.54) is 18.2 Å². The van der Waals surface area contributed by atoms with E-state index in [1.807, 2.05) is 39.8 Å². The van der Waals surface area contributed by atoms with Gasteiger partial charge in [-0.25, -0.2) is 13.4 Å². The average Bonchev–Trinajstić information content (AvgIpc) is 3.55. The lowest BCUT2D eigenvalue weighted by molar-refractivity contribution is -0.387. The number of nitrogens with zero attached hydrogens (tertiary/aromatic N) is 4. The van der Waals surface area contributed by atoms with Crippen LogP contribution >= 0.6 is 0 Å². The van der Waals surface area contributed by atoms with E-state index in [1.54, 1.807) is 23.1 Å². The monoisotopic (exact) mass is 559 g/mol. The largest absolute Gasteiger partial charge is 0.337 e. The Balaban J connectivity index is 1.41. The Labute approximate surface area is 228 Å². The van der Waals surface area contributed by atoms with Gasteiger partial charge in [-0.05, 0) is 69.7 Å². The number of H-pyrrole nitrogens is 2. The van der Waals surface area contributed by atoms with Gasteiger partial charge in [-0.1, -0.05) is 12.1 Å². The van der Waals surface area contributed by atoms with Crippen molar-refractivity contribution in [3.63, 3.8) is 0 Å². The molecule has 0 bridgehead atoms. The van der Waals surface area contributed by atoms with Crippen LogP contribution in [0.3, 0.4) is 0 Å². The molecule has 1 amide bonds. The van der Waals surface area contributed by atoms with Crippen molar-refractivity contribution in [2.45, 2.75) is 44.0 Å². The molecule has 204 valence electrons. The molecule has 0 aliphatic carbocycles. The second-order valence-electron chi connectivity index (χ2n) is 10.5. The van der Waals surface area contributed by atoms with Crippen LogP contribution < -0.4 is 9.62 Å². The van der Waals surface area contributed by atoms with Crippen LogP contribution in [0.4, 0.5) is 17.1 Å². The molecule has 1 aliphatic heterocycles. The maximum absolute atomic E-state index is 13.1. The molecule has 1 aliphatic rings. The molecule has 3 N–H and O–H groups in total. The summed E-state index contributed by atoms with van der Waals surface area (Å²) in [5.41, 5.74) is 3.25. The first-order valence-corrected chi connectivity index (χ1v) is 14.0. The second kappa shape index (κ2) is 8.61. The van der Waals surface area contributed by atoms with E-state index >= 15 is 0 Å². The highest BCUT2D eigenvalue weighted by molar-refractivity contribution is 7.92. The number of nitro benzene ring substituents is 1. The fourth-order valence-electron chi connectivity index (χ4n) is 5.20. The molecule has 0 saturated carbocycles. The summed E-state index contributed by atoms with van der Waals surface area (Å²) in [6.45, 7) is 7.77. The van der Waals surface area contributed by atoms with Gasteiger partial charge in [0.05, 0.1) is 32.6 Å². The number of rotatable bonds is 6. The zero-order valence-electron chi connectivity index (χ0n) is 22.0. The van der Waals surface area contributed by atoms with Gasteiger partial charge < -0.3 is 9.88 Å². The van der Waals surface area contributed by atoms with Crippen LogP contribution in [-0.4, -0.2) is 45.5 Å². The van der Waals surface area contributed by atoms with E-state index in [0.717, 1.165) is 22.8 Å². The fourth-order valence-corrected chi connectivity index (χ4v) is 6.42. The number of aromatic amines is 2. The molecule has 5 aromatic rings. The van der Waals surface area contributed by atoms with Gasteiger partial charge in [0.15, 0.2) is 10.7 Å². The predicted molar refractivity (Wildman–Crippen MR) is 151 cm³/mol. The van der Waals surface area contributed by atoms with Crippen LogP contribution in [0.15, 0.2) is 59.5 Å². The van der Waals surface area contributed by atoms with Crippen molar-refractivity contribution in [1.82, 2.24) is 20.2 Å². The van der Waals surface area contributed by atoms with Gasteiger partial charge >= 0.3 is 0 Å². The number of carbonyl (C=O) groups is 1. The van der Waals surface area contributed by atoms with Crippen LogP contribution in [0.2, 0.25) is 0 Å². The van der Waals surface area contributed by atoms with Gasteiger partial charge in [-0.15, -0.1) is 0 Å². The molecule has 2 aromatic heterocycles. The minimum absolute atomic E-state index is 0.0151. The van der Waals surface area contributed by atoms with Crippen LogP contribution in [0.5, 0.6) is 0 Å². The first-order valence-electron chi connectivity index (χ1n) is 12.5. The van der Waals surface area contributed by atoms with E-state index in [4.69, 9.17) is 4.98 Å². The Bertz CT molecular complexity index is 1970. The lowest BCUT2D eigenvalue weighted by atomic mass is 9.86. The van der Waals surface area contributed by atoms with Crippen LogP contribution in [0.25, 0.3) is 33.5 Å². The molecule has 3 aromatic carbocycles. The highest BCUT2D eigenvalue weighted by atomic mass is 32.2. The van der Waals surface area contributed by atoms with Crippen molar-refractivity contribution in [3.05, 3.63) is 70.3 Å². The van der Waals surface area contributed by atoms with Crippen molar-refractivity contribution >= 4 is 54.9 Å². The van der Waals surface area contributed by atoms with E-state index in [9.17, 15) is 23.3 Å². The Hall–Kier alpha value is -4.78. The number of nitrogens with one attached hydrogen (secondary N) is 3. The molecule has 40 heavy (non-hydrogen) atoms. The van der Waals surface area contributed by atoms with Gasteiger partial charge in [-0.2, -0.15) is 5.10 Å². The molecular formula is C27H25N7O5S. The minimum atomic E-state index is -4.25. The molecule has 0 saturated heterocycles. The topological polar surface area (TPSA) is 167 Å². The van der Waals surface area contributed by atoms with Crippen LogP contribution in [0, 0.1) is 10.1 Å². The number of nitro groups is 1. The molecule has 0 radical (unpaired) electrons. The summed E-state index contributed by atoms with van der Waals surface area (Å²) < 4.78 is 28.5. The lowest BCUT2D eigenvalue weighted by Crippen LogP contribution is -2.40. The first-order chi connectivity index (χ1) is 18.9. The fraction of sp³-hybridized carbons (Fsp3) is 0.222. The third-order valence-electron chi connectivity index (χ3n) is 7.19. The van der Waals surface area contributed by atoms with E-state index in [0.29, 0.717) is 27.9 Å².